The molecular formula is C33H66O4Si2. The van der Waals surface area contributed by atoms with Crippen molar-refractivity contribution in [1.82, 2.24) is 0 Å². The fourth-order valence-electron chi connectivity index (χ4n) is 8.80. The average Bonchev–Trinajstić information content (AvgIpc) is 3.64. The average molecular weight is 583 g/mol. The fraction of sp³-hybridized carbons (Fsp3) is 1.00. The number of rotatable bonds is 12. The maximum Gasteiger partial charge on any atom is 0.344 e. The van der Waals surface area contributed by atoms with Gasteiger partial charge in [-0.25, -0.2) is 0 Å². The molecule has 0 amide bonds. The molecule has 4 saturated carbocycles. The van der Waals surface area contributed by atoms with Crippen molar-refractivity contribution >= 4 is 17.1 Å². The zero-order valence-corrected chi connectivity index (χ0v) is 29.1. The first-order chi connectivity index (χ1) is 18.8. The predicted molar refractivity (Wildman–Crippen MR) is 170 cm³/mol. The van der Waals surface area contributed by atoms with Crippen LogP contribution in [0.4, 0.5) is 0 Å². The molecule has 0 bridgehead atoms. The van der Waals surface area contributed by atoms with Crippen molar-refractivity contribution in [2.45, 2.75) is 166 Å². The Morgan fingerprint density at radius 1 is 0.641 bits per heavy atom. The molecule has 5 unspecified atom stereocenters. The predicted octanol–water partition coefficient (Wildman–Crippen LogP) is 10.3. The third kappa shape index (κ3) is 8.66. The molecule has 5 atom stereocenters. The quantitative estimate of drug-likeness (QED) is 0.214. The summed E-state index contributed by atoms with van der Waals surface area (Å²) in [7, 11) is -0.226. The van der Waals surface area contributed by atoms with Gasteiger partial charge in [0.15, 0.2) is 0 Å². The molecule has 0 radical (unpaired) electrons. The monoisotopic (exact) mass is 582 g/mol. The van der Waals surface area contributed by atoms with Crippen molar-refractivity contribution in [1.29, 1.82) is 0 Å². The van der Waals surface area contributed by atoms with Crippen molar-refractivity contribution < 1.29 is 17.7 Å². The first kappa shape index (κ1) is 33.8. The van der Waals surface area contributed by atoms with E-state index >= 15 is 0 Å². The lowest BCUT2D eigenvalue weighted by molar-refractivity contribution is 0.126. The van der Waals surface area contributed by atoms with E-state index in [1.165, 1.54) is 103 Å². The van der Waals surface area contributed by atoms with Gasteiger partial charge in [-0.3, -0.25) is 0 Å². The van der Waals surface area contributed by atoms with E-state index in [9.17, 15) is 0 Å². The molecule has 4 rings (SSSR count). The van der Waals surface area contributed by atoms with Crippen molar-refractivity contribution in [3.63, 3.8) is 0 Å². The second kappa shape index (κ2) is 16.8. The summed E-state index contributed by atoms with van der Waals surface area (Å²) in [5, 5.41) is 0. The van der Waals surface area contributed by atoms with Crippen LogP contribution in [-0.4, -0.2) is 44.6 Å². The maximum atomic E-state index is 6.73. The zero-order valence-electron chi connectivity index (χ0n) is 27.1. The van der Waals surface area contributed by atoms with Gasteiger partial charge in [0, 0.05) is 49.6 Å². The van der Waals surface area contributed by atoms with Gasteiger partial charge in [0.1, 0.15) is 0 Å². The van der Waals surface area contributed by atoms with Crippen molar-refractivity contribution in [3.05, 3.63) is 0 Å². The lowest BCUT2D eigenvalue weighted by Gasteiger charge is -2.44. The van der Waals surface area contributed by atoms with Crippen LogP contribution >= 0.6 is 0 Å². The molecule has 0 heterocycles. The van der Waals surface area contributed by atoms with E-state index in [1.807, 2.05) is 14.2 Å². The Hall–Kier alpha value is 0.274. The van der Waals surface area contributed by atoms with E-state index in [2.05, 4.69) is 34.6 Å². The Labute approximate surface area is 245 Å². The number of hydrogen-bond donors (Lipinski definition) is 0. The van der Waals surface area contributed by atoms with Gasteiger partial charge in [-0.2, -0.15) is 0 Å². The summed E-state index contributed by atoms with van der Waals surface area (Å²) in [5.41, 5.74) is 2.98. The lowest BCUT2D eigenvalue weighted by Crippen LogP contribution is -2.52. The summed E-state index contributed by atoms with van der Waals surface area (Å²) in [6.45, 7) is 13.4. The van der Waals surface area contributed by atoms with Crippen LogP contribution in [0.5, 0.6) is 0 Å². The second-order valence-electron chi connectivity index (χ2n) is 14.2. The van der Waals surface area contributed by atoms with E-state index in [-0.39, 0.29) is 0 Å². The van der Waals surface area contributed by atoms with Crippen LogP contribution in [0.15, 0.2) is 0 Å². The van der Waals surface area contributed by atoms with Gasteiger partial charge in [0.05, 0.1) is 0 Å². The minimum atomic E-state index is -2.05. The standard InChI is InChI=1S/C18H36O2Si.C15H30O2Si/c1-4-14-19-21(20-15-16(2)3,18-12-8-9-13-18)17-10-6-5-7-11-17;1-12-7-5-9-14(11-12)18(16-3,17-4)15-10-6-8-13(15)2/h16-18H,4-15H2,1-3H3;12-15H,5-11H2,1-4H3. The van der Waals surface area contributed by atoms with Gasteiger partial charge in [-0.1, -0.05) is 92.4 Å². The fourth-order valence-corrected chi connectivity index (χ4v) is 19.0. The molecule has 4 aliphatic rings. The molecule has 0 aromatic rings. The summed E-state index contributed by atoms with van der Waals surface area (Å²) >= 11 is 0. The summed E-state index contributed by atoms with van der Waals surface area (Å²) in [6.07, 6.45) is 23.1. The normalized spacial score (nSPS) is 30.8. The van der Waals surface area contributed by atoms with Crippen LogP contribution in [-0.2, 0) is 17.7 Å². The van der Waals surface area contributed by atoms with Crippen LogP contribution in [0.25, 0.3) is 0 Å². The molecular weight excluding hydrogens is 517 g/mol. The smallest absolute Gasteiger partial charge is 0.344 e. The zero-order chi connectivity index (χ0) is 28.3. The van der Waals surface area contributed by atoms with Gasteiger partial charge in [0.2, 0.25) is 0 Å². The highest BCUT2D eigenvalue weighted by atomic mass is 28.4. The third-order valence-electron chi connectivity index (χ3n) is 10.8. The topological polar surface area (TPSA) is 36.9 Å². The Balaban J connectivity index is 0.000000218. The third-order valence-corrected chi connectivity index (χ3v) is 20.3. The van der Waals surface area contributed by atoms with Gasteiger partial charge < -0.3 is 17.7 Å². The molecule has 0 aromatic heterocycles. The van der Waals surface area contributed by atoms with E-state index in [0.717, 1.165) is 53.6 Å². The molecule has 4 fully saturated rings. The van der Waals surface area contributed by atoms with Crippen LogP contribution in [0, 0.1) is 17.8 Å². The Bertz CT molecular complexity index is 660. The molecule has 6 heteroatoms. The Kier molecular flexibility index (Phi) is 14.5. The second-order valence-corrected chi connectivity index (χ2v) is 21.7. The molecule has 0 aliphatic heterocycles. The summed E-state index contributed by atoms with van der Waals surface area (Å²) in [5.74, 6) is 2.28. The molecule has 230 valence electrons. The van der Waals surface area contributed by atoms with Crippen LogP contribution in [0.2, 0.25) is 22.2 Å². The SMILES string of the molecule is CCCO[Si](OCC(C)C)(C1CCCCC1)C1CCCC1.CO[Si](OC)(C1CCCC(C)C1)C1CCCC1C. The molecule has 4 nitrogen and oxygen atoms in total. The molecule has 0 N–H and O–H groups in total. The van der Waals surface area contributed by atoms with Crippen molar-refractivity contribution in [2.75, 3.05) is 27.4 Å². The van der Waals surface area contributed by atoms with Crippen molar-refractivity contribution in [3.8, 4) is 0 Å². The van der Waals surface area contributed by atoms with Crippen LogP contribution in [0.3, 0.4) is 0 Å². The summed E-state index contributed by atoms with van der Waals surface area (Å²) in [4.78, 5) is 0. The van der Waals surface area contributed by atoms with Crippen LogP contribution in [0.1, 0.15) is 144 Å². The minimum absolute atomic E-state index is 0.618. The van der Waals surface area contributed by atoms with E-state index in [0.29, 0.717) is 5.92 Å². The first-order valence-corrected chi connectivity index (χ1v) is 21.1. The van der Waals surface area contributed by atoms with Crippen molar-refractivity contribution in [2.24, 2.45) is 17.8 Å². The molecule has 0 saturated heterocycles. The van der Waals surface area contributed by atoms with E-state index in [4.69, 9.17) is 17.7 Å². The van der Waals surface area contributed by atoms with E-state index < -0.39 is 17.1 Å². The molecule has 0 aromatic carbocycles. The summed E-state index contributed by atoms with van der Waals surface area (Å²) < 4.78 is 25.7. The summed E-state index contributed by atoms with van der Waals surface area (Å²) in [6, 6.07) is 0. The maximum absolute atomic E-state index is 6.73. The Morgan fingerprint density at radius 2 is 1.21 bits per heavy atom. The number of hydrogen-bond acceptors (Lipinski definition) is 4. The highest BCUT2D eigenvalue weighted by Crippen LogP contribution is 2.53. The van der Waals surface area contributed by atoms with Crippen LogP contribution < -0.4 is 0 Å². The molecule has 0 spiro atoms. The highest BCUT2D eigenvalue weighted by Gasteiger charge is 2.55. The van der Waals surface area contributed by atoms with E-state index in [1.54, 1.807) is 0 Å². The molecule has 4 aliphatic carbocycles. The minimum Gasteiger partial charge on any atom is -0.397 e. The largest absolute Gasteiger partial charge is 0.397 e. The molecule has 39 heavy (non-hydrogen) atoms. The lowest BCUT2D eigenvalue weighted by atomic mass is 9.90. The highest BCUT2D eigenvalue weighted by molar-refractivity contribution is 6.71. The van der Waals surface area contributed by atoms with Gasteiger partial charge in [-0.15, -0.1) is 0 Å². The first-order valence-electron chi connectivity index (χ1n) is 17.2. The van der Waals surface area contributed by atoms with Gasteiger partial charge in [-0.05, 0) is 69.1 Å². The Morgan fingerprint density at radius 3 is 1.69 bits per heavy atom. The van der Waals surface area contributed by atoms with Gasteiger partial charge >= 0.3 is 17.1 Å². The van der Waals surface area contributed by atoms with Gasteiger partial charge in [0.25, 0.3) is 0 Å².